The van der Waals surface area contributed by atoms with Crippen LogP contribution in [-0.2, 0) is 4.79 Å². The summed E-state index contributed by atoms with van der Waals surface area (Å²) >= 11 is 0. The molecule has 3 aromatic carbocycles. The van der Waals surface area contributed by atoms with Gasteiger partial charge in [-0.15, -0.1) is 0 Å². The Hall–Kier alpha value is -4.06. The fraction of sp³-hybridized carbons (Fsp3) is 0.267. The maximum atomic E-state index is 12.6. The van der Waals surface area contributed by atoms with E-state index in [1.54, 1.807) is 43.5 Å². The number of methoxy groups -OCH3 is 1. The zero-order chi connectivity index (χ0) is 26.1. The van der Waals surface area contributed by atoms with Crippen LogP contribution in [0.3, 0.4) is 0 Å². The molecule has 0 saturated carbocycles. The third kappa shape index (κ3) is 7.73. The molecule has 0 saturated heterocycles. The van der Waals surface area contributed by atoms with Gasteiger partial charge in [-0.1, -0.05) is 37.6 Å². The number of benzene rings is 3. The van der Waals surface area contributed by atoms with E-state index in [4.69, 9.17) is 14.2 Å². The summed E-state index contributed by atoms with van der Waals surface area (Å²) in [6, 6.07) is 17.7. The highest BCUT2D eigenvalue weighted by molar-refractivity contribution is 6.04. The van der Waals surface area contributed by atoms with Gasteiger partial charge in [0, 0.05) is 17.3 Å². The molecule has 188 valence electrons. The van der Waals surface area contributed by atoms with Gasteiger partial charge in [-0.3, -0.25) is 4.79 Å². The minimum absolute atomic E-state index is 0.231. The Kier molecular flexibility index (Phi) is 9.28. The summed E-state index contributed by atoms with van der Waals surface area (Å²) in [5.74, 6) is 1.41. The van der Waals surface area contributed by atoms with Gasteiger partial charge < -0.3 is 19.5 Å². The Morgan fingerprint density at radius 2 is 1.69 bits per heavy atom. The molecule has 0 spiro atoms. The normalized spacial score (nSPS) is 10.9. The van der Waals surface area contributed by atoms with Crippen molar-refractivity contribution in [3.05, 3.63) is 89.0 Å². The van der Waals surface area contributed by atoms with Crippen LogP contribution in [0, 0.1) is 19.8 Å². The zero-order valence-corrected chi connectivity index (χ0v) is 21.5. The molecule has 3 aromatic rings. The van der Waals surface area contributed by atoms with E-state index in [1.165, 1.54) is 6.08 Å². The largest absolute Gasteiger partial charge is 0.493 e. The Balaban J connectivity index is 1.57. The first-order chi connectivity index (χ1) is 17.2. The lowest BCUT2D eigenvalue weighted by molar-refractivity contribution is -0.128. The number of anilines is 1. The molecule has 0 aromatic heterocycles. The highest BCUT2D eigenvalue weighted by Crippen LogP contribution is 2.29. The number of hydrogen-bond acceptors (Lipinski definition) is 5. The first kappa shape index (κ1) is 26.5. The van der Waals surface area contributed by atoms with Crippen molar-refractivity contribution >= 4 is 23.6 Å². The van der Waals surface area contributed by atoms with Gasteiger partial charge in [-0.05, 0) is 85.9 Å². The lowest BCUT2D eigenvalue weighted by atomic mass is 10.1. The fourth-order valence-corrected chi connectivity index (χ4v) is 3.45. The molecule has 0 radical (unpaired) electrons. The van der Waals surface area contributed by atoms with Crippen LogP contribution in [0.5, 0.6) is 17.2 Å². The predicted octanol–water partition coefficient (Wildman–Crippen LogP) is 6.61. The smallest absolute Gasteiger partial charge is 0.336 e. The summed E-state index contributed by atoms with van der Waals surface area (Å²) in [5, 5.41) is 2.90. The topological polar surface area (TPSA) is 73.9 Å². The van der Waals surface area contributed by atoms with Crippen molar-refractivity contribution in [2.24, 2.45) is 5.92 Å². The van der Waals surface area contributed by atoms with Crippen LogP contribution >= 0.6 is 0 Å². The lowest BCUT2D eigenvalue weighted by Crippen LogP contribution is -2.13. The minimum Gasteiger partial charge on any atom is -0.493 e. The predicted molar refractivity (Wildman–Crippen MR) is 143 cm³/mol. The third-order valence-electron chi connectivity index (χ3n) is 5.52. The van der Waals surface area contributed by atoms with Crippen molar-refractivity contribution < 1.29 is 23.8 Å². The number of hydrogen-bond donors (Lipinski definition) is 1. The van der Waals surface area contributed by atoms with Crippen molar-refractivity contribution in [1.29, 1.82) is 0 Å². The number of aryl methyl sites for hydroxylation is 2. The number of esters is 1. The monoisotopic (exact) mass is 487 g/mol. The summed E-state index contributed by atoms with van der Waals surface area (Å²) < 4.78 is 16.6. The molecule has 0 aliphatic carbocycles. The highest BCUT2D eigenvalue weighted by Gasteiger charge is 2.10. The van der Waals surface area contributed by atoms with E-state index >= 15 is 0 Å². The van der Waals surface area contributed by atoms with Crippen molar-refractivity contribution in [3.8, 4) is 17.2 Å². The molecule has 0 atom stereocenters. The van der Waals surface area contributed by atoms with Gasteiger partial charge in [0.15, 0.2) is 11.5 Å². The summed E-state index contributed by atoms with van der Waals surface area (Å²) in [7, 11) is 1.58. The first-order valence-electron chi connectivity index (χ1n) is 11.9. The van der Waals surface area contributed by atoms with Gasteiger partial charge in [0.2, 0.25) is 0 Å². The zero-order valence-electron chi connectivity index (χ0n) is 21.5. The molecule has 0 aliphatic rings. The maximum Gasteiger partial charge on any atom is 0.336 e. The molecule has 3 rings (SSSR count). The second-order valence-corrected chi connectivity index (χ2v) is 8.99. The van der Waals surface area contributed by atoms with E-state index in [1.807, 2.05) is 44.2 Å². The molecule has 1 N–H and O–H groups in total. The number of carbonyl (C=O) groups excluding carboxylic acids is 2. The molecular weight excluding hydrogens is 454 g/mol. The van der Waals surface area contributed by atoms with Gasteiger partial charge in [-0.25, -0.2) is 4.79 Å². The van der Waals surface area contributed by atoms with Gasteiger partial charge in [0.05, 0.1) is 13.7 Å². The van der Waals surface area contributed by atoms with Crippen LogP contribution in [0.15, 0.2) is 66.7 Å². The van der Waals surface area contributed by atoms with Crippen LogP contribution in [0.2, 0.25) is 0 Å². The molecule has 0 fully saturated rings. The second-order valence-electron chi connectivity index (χ2n) is 8.99. The average molecular weight is 488 g/mol. The summed E-state index contributed by atoms with van der Waals surface area (Å²) in [5.41, 5.74) is 4.13. The molecule has 6 heteroatoms. The number of carbonyl (C=O) groups is 2. The molecular formula is C30H33NO5. The standard InChI is InChI=1S/C30H33NO5/c1-20(2)16-17-35-27-14-7-23(19-28(27)34-5)8-15-29(32)36-25-11-9-24(10-12-25)30(33)31-26-13-6-21(3)18-22(26)4/h6-15,18-20H,16-17H2,1-5H3,(H,31,33)/b15-8+. The summed E-state index contributed by atoms with van der Waals surface area (Å²) in [4.78, 5) is 24.9. The number of rotatable bonds is 10. The second kappa shape index (κ2) is 12.6. The van der Waals surface area contributed by atoms with Gasteiger partial charge in [0.25, 0.3) is 5.91 Å². The van der Waals surface area contributed by atoms with Gasteiger partial charge >= 0.3 is 5.97 Å². The van der Waals surface area contributed by atoms with Crippen LogP contribution in [0.4, 0.5) is 5.69 Å². The van der Waals surface area contributed by atoms with E-state index < -0.39 is 5.97 Å². The number of ether oxygens (including phenoxy) is 3. The Bertz CT molecular complexity index is 1230. The molecule has 0 unspecified atom stereocenters. The summed E-state index contributed by atoms with van der Waals surface area (Å²) in [6.45, 7) is 8.86. The molecule has 0 aliphatic heterocycles. The minimum atomic E-state index is -0.529. The molecule has 6 nitrogen and oxygen atoms in total. The van der Waals surface area contributed by atoms with E-state index in [0.29, 0.717) is 35.3 Å². The summed E-state index contributed by atoms with van der Waals surface area (Å²) in [6.07, 6.45) is 3.94. The van der Waals surface area contributed by atoms with Crippen LogP contribution in [0.1, 0.15) is 47.3 Å². The quantitative estimate of drug-likeness (QED) is 0.198. The Morgan fingerprint density at radius 3 is 2.36 bits per heavy atom. The van der Waals surface area contributed by atoms with Crippen molar-refractivity contribution in [2.75, 3.05) is 19.0 Å². The van der Waals surface area contributed by atoms with Crippen LogP contribution in [0.25, 0.3) is 6.08 Å². The Labute approximate surface area is 212 Å². The van der Waals surface area contributed by atoms with Crippen molar-refractivity contribution in [3.63, 3.8) is 0 Å². The number of nitrogens with one attached hydrogen (secondary N) is 1. The average Bonchev–Trinajstić information content (AvgIpc) is 2.85. The molecule has 36 heavy (non-hydrogen) atoms. The van der Waals surface area contributed by atoms with E-state index in [-0.39, 0.29) is 5.91 Å². The fourth-order valence-electron chi connectivity index (χ4n) is 3.45. The third-order valence-corrected chi connectivity index (χ3v) is 5.52. The van der Waals surface area contributed by atoms with Crippen molar-refractivity contribution in [2.45, 2.75) is 34.1 Å². The lowest BCUT2D eigenvalue weighted by Gasteiger charge is -2.12. The van der Waals surface area contributed by atoms with E-state index in [2.05, 4.69) is 19.2 Å². The van der Waals surface area contributed by atoms with E-state index in [0.717, 1.165) is 28.8 Å². The molecule has 0 bridgehead atoms. The van der Waals surface area contributed by atoms with Crippen molar-refractivity contribution in [1.82, 2.24) is 0 Å². The highest BCUT2D eigenvalue weighted by atomic mass is 16.5. The van der Waals surface area contributed by atoms with Crippen LogP contribution in [-0.4, -0.2) is 25.6 Å². The SMILES string of the molecule is COc1cc(/C=C/C(=O)Oc2ccc(C(=O)Nc3ccc(C)cc3C)cc2)ccc1OCCC(C)C. The molecule has 0 heterocycles. The molecule has 1 amide bonds. The van der Waals surface area contributed by atoms with E-state index in [9.17, 15) is 9.59 Å². The Morgan fingerprint density at radius 1 is 0.944 bits per heavy atom. The maximum absolute atomic E-state index is 12.6. The van der Waals surface area contributed by atoms with Gasteiger partial charge in [-0.2, -0.15) is 0 Å². The first-order valence-corrected chi connectivity index (χ1v) is 11.9. The number of amides is 1. The van der Waals surface area contributed by atoms with Gasteiger partial charge in [0.1, 0.15) is 5.75 Å². The van der Waals surface area contributed by atoms with Crippen LogP contribution < -0.4 is 19.5 Å².